The van der Waals surface area contributed by atoms with E-state index in [1.807, 2.05) is 0 Å². The van der Waals surface area contributed by atoms with Gasteiger partial charge in [-0.1, -0.05) is 17.4 Å². The number of halogens is 2. The van der Waals surface area contributed by atoms with Gasteiger partial charge in [-0.05, 0) is 18.2 Å². The summed E-state index contributed by atoms with van der Waals surface area (Å²) in [6, 6.07) is 6.64. The number of carbonyl (C=O) groups is 1. The van der Waals surface area contributed by atoms with Crippen LogP contribution < -0.4 is 20.3 Å². The Morgan fingerprint density at radius 1 is 1.16 bits per heavy atom. The summed E-state index contributed by atoms with van der Waals surface area (Å²) in [5, 5.41) is 0.326. The third-order valence-electron chi connectivity index (χ3n) is 3.36. The minimum absolute atomic E-state index is 0.326. The van der Waals surface area contributed by atoms with Crippen molar-refractivity contribution in [2.24, 2.45) is 0 Å². The Balaban J connectivity index is 1.83. The monoisotopic (exact) mass is 365 g/mol. The summed E-state index contributed by atoms with van der Waals surface area (Å²) in [4.78, 5) is 16.3. The third-order valence-corrected chi connectivity index (χ3v) is 4.28. The highest BCUT2D eigenvalue weighted by Crippen LogP contribution is 2.35. The Hall–Kier alpha value is -2.94. The third kappa shape index (κ3) is 3.31. The van der Waals surface area contributed by atoms with Gasteiger partial charge in [0.25, 0.3) is 5.91 Å². The van der Waals surface area contributed by atoms with Crippen LogP contribution in [0.4, 0.5) is 13.9 Å². The Kier molecular flexibility index (Phi) is 4.66. The predicted octanol–water partition coefficient (Wildman–Crippen LogP) is 3.35. The van der Waals surface area contributed by atoms with Crippen LogP contribution in [-0.2, 0) is 0 Å². The van der Waals surface area contributed by atoms with Crippen LogP contribution in [0.2, 0.25) is 0 Å². The lowest BCUT2D eigenvalue weighted by Gasteiger charge is -2.07. The number of carbonyl (C=O) groups excluding carboxylic acids is 1. The Morgan fingerprint density at radius 3 is 2.52 bits per heavy atom. The number of hydrazine groups is 1. The minimum Gasteiger partial charge on any atom is -0.497 e. The van der Waals surface area contributed by atoms with Crippen LogP contribution >= 0.6 is 11.3 Å². The first-order valence-electron chi connectivity index (χ1n) is 7.06. The molecule has 0 radical (unpaired) electrons. The number of thiazole rings is 1. The fraction of sp³-hybridized carbons (Fsp3) is 0.125. The fourth-order valence-electron chi connectivity index (χ4n) is 2.19. The number of rotatable bonds is 5. The number of hydrogen-bond donors (Lipinski definition) is 2. The fourth-order valence-corrected chi connectivity index (χ4v) is 3.05. The van der Waals surface area contributed by atoms with Gasteiger partial charge in [-0.15, -0.1) is 0 Å². The number of amides is 1. The first-order valence-corrected chi connectivity index (χ1v) is 7.88. The second-order valence-corrected chi connectivity index (χ2v) is 5.90. The maximum absolute atomic E-state index is 13.6. The van der Waals surface area contributed by atoms with E-state index < -0.39 is 23.1 Å². The van der Waals surface area contributed by atoms with Crippen LogP contribution in [0.25, 0.3) is 10.2 Å². The number of ether oxygens (including phenoxy) is 2. The molecule has 0 unspecified atom stereocenters. The van der Waals surface area contributed by atoms with E-state index in [0.717, 1.165) is 16.8 Å². The lowest BCUT2D eigenvalue weighted by atomic mass is 10.2. The van der Waals surface area contributed by atoms with Gasteiger partial charge in [0.2, 0.25) is 5.13 Å². The molecule has 3 rings (SSSR count). The van der Waals surface area contributed by atoms with E-state index >= 15 is 0 Å². The molecule has 130 valence electrons. The molecule has 3 aromatic rings. The number of fused-ring (bicyclic) bond motifs is 1. The molecule has 0 saturated heterocycles. The van der Waals surface area contributed by atoms with Gasteiger partial charge in [-0.25, -0.2) is 13.8 Å². The highest BCUT2D eigenvalue weighted by molar-refractivity contribution is 7.22. The van der Waals surface area contributed by atoms with Crippen molar-refractivity contribution in [3.8, 4) is 11.5 Å². The summed E-state index contributed by atoms with van der Waals surface area (Å²) in [6.45, 7) is 0. The minimum atomic E-state index is -0.949. The average molecular weight is 365 g/mol. The van der Waals surface area contributed by atoms with Gasteiger partial charge >= 0.3 is 0 Å². The van der Waals surface area contributed by atoms with Gasteiger partial charge in [0.05, 0.1) is 18.9 Å². The number of benzene rings is 2. The molecule has 0 saturated carbocycles. The zero-order valence-electron chi connectivity index (χ0n) is 13.2. The van der Waals surface area contributed by atoms with Crippen LogP contribution in [0.15, 0.2) is 30.3 Å². The molecule has 2 aromatic carbocycles. The smallest absolute Gasteiger partial charge is 0.275 e. The summed E-state index contributed by atoms with van der Waals surface area (Å²) in [5.74, 6) is -1.74. The van der Waals surface area contributed by atoms with Crippen molar-refractivity contribution in [2.45, 2.75) is 0 Å². The molecule has 25 heavy (non-hydrogen) atoms. The van der Waals surface area contributed by atoms with Gasteiger partial charge in [-0.2, -0.15) is 0 Å². The largest absolute Gasteiger partial charge is 0.497 e. The molecule has 9 heteroatoms. The van der Waals surface area contributed by atoms with Crippen LogP contribution in [-0.4, -0.2) is 25.1 Å². The summed E-state index contributed by atoms with van der Waals surface area (Å²) >= 11 is 1.22. The van der Waals surface area contributed by atoms with Gasteiger partial charge in [0, 0.05) is 6.07 Å². The van der Waals surface area contributed by atoms with E-state index in [1.54, 1.807) is 12.1 Å². The van der Waals surface area contributed by atoms with Crippen LogP contribution in [0, 0.1) is 11.6 Å². The molecule has 1 aromatic heterocycles. The average Bonchev–Trinajstić information content (AvgIpc) is 3.01. The SMILES string of the molecule is COc1cc(OC)c2nc(NNC(=O)c3c(F)cccc3F)sc2c1. The molecule has 0 aliphatic carbocycles. The standard InChI is InChI=1S/C16H13F2N3O3S/c1-23-8-6-11(24-2)14-12(7-8)25-16(19-14)21-20-15(22)13-9(17)4-3-5-10(13)18/h3-7H,1-2H3,(H,19,21)(H,20,22). The van der Waals surface area contributed by atoms with Crippen LogP contribution in [0.5, 0.6) is 11.5 Å². The summed E-state index contributed by atoms with van der Waals surface area (Å²) < 4.78 is 38.4. The Bertz CT molecular complexity index is 926. The molecule has 2 N–H and O–H groups in total. The van der Waals surface area contributed by atoms with Crippen LogP contribution in [0.3, 0.4) is 0 Å². The Morgan fingerprint density at radius 2 is 1.88 bits per heavy atom. The first-order chi connectivity index (χ1) is 12.0. The molecule has 0 spiro atoms. The second-order valence-electron chi connectivity index (χ2n) is 4.87. The molecule has 0 atom stereocenters. The number of nitrogens with one attached hydrogen (secondary N) is 2. The first kappa shape index (κ1) is 16.9. The summed E-state index contributed by atoms with van der Waals surface area (Å²) in [5.41, 5.74) is 4.69. The number of hydrogen-bond acceptors (Lipinski definition) is 6. The van der Waals surface area contributed by atoms with Crippen LogP contribution in [0.1, 0.15) is 10.4 Å². The number of nitrogens with zero attached hydrogens (tertiary/aromatic N) is 1. The van der Waals surface area contributed by atoms with Gasteiger partial charge in [0.1, 0.15) is 34.2 Å². The number of aromatic nitrogens is 1. The van der Waals surface area contributed by atoms with Crippen molar-refractivity contribution >= 4 is 32.6 Å². The van der Waals surface area contributed by atoms with Gasteiger partial charge in [-0.3, -0.25) is 15.6 Å². The molecular formula is C16H13F2N3O3S. The van der Waals surface area contributed by atoms with E-state index in [-0.39, 0.29) is 0 Å². The molecular weight excluding hydrogens is 352 g/mol. The molecule has 0 bridgehead atoms. The zero-order chi connectivity index (χ0) is 18.0. The zero-order valence-corrected chi connectivity index (χ0v) is 14.0. The summed E-state index contributed by atoms with van der Waals surface area (Å²) in [6.07, 6.45) is 0. The van der Waals surface area contributed by atoms with Crippen molar-refractivity contribution in [1.29, 1.82) is 0 Å². The molecule has 1 heterocycles. The molecule has 0 aliphatic heterocycles. The topological polar surface area (TPSA) is 72.5 Å². The van der Waals surface area contributed by atoms with Crippen molar-refractivity contribution in [3.63, 3.8) is 0 Å². The maximum atomic E-state index is 13.6. The van der Waals surface area contributed by atoms with E-state index in [2.05, 4.69) is 15.8 Å². The van der Waals surface area contributed by atoms with E-state index in [0.29, 0.717) is 22.1 Å². The van der Waals surface area contributed by atoms with E-state index in [9.17, 15) is 13.6 Å². The quantitative estimate of drug-likeness (QED) is 0.679. The molecule has 6 nitrogen and oxygen atoms in total. The van der Waals surface area contributed by atoms with Gasteiger partial charge < -0.3 is 9.47 Å². The lowest BCUT2D eigenvalue weighted by Crippen LogP contribution is -2.30. The second kappa shape index (κ2) is 6.89. The van der Waals surface area contributed by atoms with Gasteiger partial charge in [0.15, 0.2) is 0 Å². The van der Waals surface area contributed by atoms with Crippen molar-refractivity contribution in [2.75, 3.05) is 19.6 Å². The molecule has 1 amide bonds. The van der Waals surface area contributed by atoms with Crippen molar-refractivity contribution in [1.82, 2.24) is 10.4 Å². The predicted molar refractivity (Wildman–Crippen MR) is 90.2 cm³/mol. The highest BCUT2D eigenvalue weighted by Gasteiger charge is 2.17. The molecule has 0 aliphatic rings. The lowest BCUT2D eigenvalue weighted by molar-refractivity contribution is 0.0954. The molecule has 0 fully saturated rings. The normalized spacial score (nSPS) is 10.6. The number of methoxy groups -OCH3 is 2. The number of anilines is 1. The Labute approximate surface area is 145 Å². The van der Waals surface area contributed by atoms with E-state index in [4.69, 9.17) is 9.47 Å². The van der Waals surface area contributed by atoms with Crippen molar-refractivity contribution < 1.29 is 23.0 Å². The maximum Gasteiger partial charge on any atom is 0.275 e. The van der Waals surface area contributed by atoms with Crippen molar-refractivity contribution in [3.05, 3.63) is 47.5 Å². The highest BCUT2D eigenvalue weighted by atomic mass is 32.1. The summed E-state index contributed by atoms with van der Waals surface area (Å²) in [7, 11) is 3.04. The van der Waals surface area contributed by atoms with E-state index in [1.165, 1.54) is 31.6 Å².